The van der Waals surface area contributed by atoms with Crippen LogP contribution < -0.4 is 5.73 Å². The van der Waals surface area contributed by atoms with Crippen molar-refractivity contribution in [2.75, 3.05) is 6.54 Å². The molecule has 1 atom stereocenters. The number of carboxylic acids is 1. The first-order chi connectivity index (χ1) is 9.84. The highest BCUT2D eigenvalue weighted by atomic mass is 32.2. The van der Waals surface area contributed by atoms with Crippen LogP contribution in [0.1, 0.15) is 29.6 Å². The summed E-state index contributed by atoms with van der Waals surface area (Å²) in [6.07, 6.45) is 1.61. The number of hydrogen-bond acceptors (Lipinski definition) is 4. The topological polar surface area (TPSA) is 118 Å². The van der Waals surface area contributed by atoms with E-state index in [9.17, 15) is 18.0 Å². The van der Waals surface area contributed by atoms with E-state index in [4.69, 9.17) is 10.8 Å². The zero-order chi connectivity index (χ0) is 15.6. The fourth-order valence-electron chi connectivity index (χ4n) is 2.37. The maximum atomic E-state index is 12.5. The minimum absolute atomic E-state index is 0.0411. The van der Waals surface area contributed by atoms with Crippen LogP contribution in [-0.4, -0.2) is 42.3 Å². The van der Waals surface area contributed by atoms with Crippen LogP contribution in [0.5, 0.6) is 0 Å². The Bertz CT molecular complexity index is 654. The van der Waals surface area contributed by atoms with E-state index in [1.807, 2.05) is 0 Å². The molecule has 1 aliphatic heterocycles. The summed E-state index contributed by atoms with van der Waals surface area (Å²) in [4.78, 5) is 22.2. The van der Waals surface area contributed by atoms with E-state index in [1.165, 1.54) is 24.3 Å². The predicted octanol–water partition coefficient (Wildman–Crippen LogP) is 0.413. The number of hydrogen-bond donors (Lipinski definition) is 2. The number of carboxylic acid groups (broad SMARTS) is 1. The molecule has 0 aromatic heterocycles. The molecule has 0 aliphatic carbocycles. The Morgan fingerprint density at radius 2 is 1.81 bits per heavy atom. The van der Waals surface area contributed by atoms with Crippen molar-refractivity contribution in [1.82, 2.24) is 4.31 Å². The lowest BCUT2D eigenvalue weighted by Crippen LogP contribution is -2.47. The van der Waals surface area contributed by atoms with E-state index in [1.54, 1.807) is 0 Å². The lowest BCUT2D eigenvalue weighted by molar-refractivity contribution is -0.142. The molecule has 0 unspecified atom stereocenters. The van der Waals surface area contributed by atoms with E-state index >= 15 is 0 Å². The first kappa shape index (κ1) is 15.5. The molecule has 21 heavy (non-hydrogen) atoms. The highest BCUT2D eigenvalue weighted by molar-refractivity contribution is 7.89. The number of carbonyl (C=O) groups excluding carboxylic acids is 1. The number of amides is 1. The summed E-state index contributed by atoms with van der Waals surface area (Å²) in [6.45, 7) is 0.177. The van der Waals surface area contributed by atoms with Crippen LogP contribution in [0.15, 0.2) is 29.2 Å². The number of aliphatic carboxylic acids is 1. The summed E-state index contributed by atoms with van der Waals surface area (Å²) in [5.41, 5.74) is 5.30. The van der Waals surface area contributed by atoms with Crippen molar-refractivity contribution in [3.63, 3.8) is 0 Å². The van der Waals surface area contributed by atoms with Crippen LogP contribution in [-0.2, 0) is 14.8 Å². The van der Waals surface area contributed by atoms with E-state index in [0.717, 1.165) is 4.31 Å². The number of rotatable bonds is 4. The van der Waals surface area contributed by atoms with Gasteiger partial charge in [-0.3, -0.25) is 9.59 Å². The summed E-state index contributed by atoms with van der Waals surface area (Å²) < 4.78 is 26.1. The zero-order valence-corrected chi connectivity index (χ0v) is 12.0. The minimum Gasteiger partial charge on any atom is -0.480 e. The predicted molar refractivity (Wildman–Crippen MR) is 74.1 cm³/mol. The molecule has 1 aromatic carbocycles. The van der Waals surface area contributed by atoms with Gasteiger partial charge in [0.05, 0.1) is 4.90 Å². The standard InChI is InChI=1S/C13H16N2O5S/c14-12(16)9-4-6-10(7-5-9)21(19,20)15-8-2-1-3-11(15)13(17)18/h4-7,11H,1-3,8H2,(H2,14,16)(H,17,18)/t11-/m1/s1. The van der Waals surface area contributed by atoms with Gasteiger partial charge in [-0.2, -0.15) is 4.31 Å². The smallest absolute Gasteiger partial charge is 0.322 e. The second-order valence-electron chi connectivity index (χ2n) is 4.85. The lowest BCUT2D eigenvalue weighted by Gasteiger charge is -2.31. The minimum atomic E-state index is -3.90. The van der Waals surface area contributed by atoms with E-state index in [0.29, 0.717) is 19.3 Å². The third-order valence-electron chi connectivity index (χ3n) is 3.48. The Balaban J connectivity index is 2.35. The normalized spacial score (nSPS) is 20.1. The fourth-order valence-corrected chi connectivity index (χ4v) is 4.02. The zero-order valence-electron chi connectivity index (χ0n) is 11.2. The van der Waals surface area contributed by atoms with E-state index < -0.39 is 27.9 Å². The van der Waals surface area contributed by atoms with Gasteiger partial charge in [0, 0.05) is 12.1 Å². The van der Waals surface area contributed by atoms with Gasteiger partial charge in [0.1, 0.15) is 6.04 Å². The molecule has 1 aromatic rings. The van der Waals surface area contributed by atoms with Crippen LogP contribution in [0.3, 0.4) is 0 Å². The highest BCUT2D eigenvalue weighted by Gasteiger charge is 2.37. The second-order valence-corrected chi connectivity index (χ2v) is 6.74. The largest absolute Gasteiger partial charge is 0.480 e. The molecule has 7 nitrogen and oxygen atoms in total. The molecule has 0 bridgehead atoms. The maximum Gasteiger partial charge on any atom is 0.322 e. The molecule has 1 heterocycles. The van der Waals surface area contributed by atoms with Gasteiger partial charge in [-0.25, -0.2) is 8.42 Å². The summed E-state index contributed by atoms with van der Waals surface area (Å²) in [5.74, 6) is -1.80. The molecule has 3 N–H and O–H groups in total. The Hall–Kier alpha value is -1.93. The first-order valence-electron chi connectivity index (χ1n) is 6.48. The van der Waals surface area contributed by atoms with Gasteiger partial charge >= 0.3 is 5.97 Å². The third kappa shape index (κ3) is 3.06. The summed E-state index contributed by atoms with van der Waals surface area (Å²) >= 11 is 0. The number of primary amides is 1. The fraction of sp³-hybridized carbons (Fsp3) is 0.385. The molecule has 1 saturated heterocycles. The number of nitrogens with two attached hydrogens (primary N) is 1. The quantitative estimate of drug-likeness (QED) is 0.835. The van der Waals surface area contributed by atoms with Crippen molar-refractivity contribution >= 4 is 21.9 Å². The van der Waals surface area contributed by atoms with Crippen molar-refractivity contribution in [3.8, 4) is 0 Å². The number of benzene rings is 1. The summed E-state index contributed by atoms with van der Waals surface area (Å²) in [5, 5.41) is 9.17. The Morgan fingerprint density at radius 1 is 1.19 bits per heavy atom. The number of nitrogens with zero attached hydrogens (tertiary/aromatic N) is 1. The Morgan fingerprint density at radius 3 is 2.33 bits per heavy atom. The molecule has 0 radical (unpaired) electrons. The molecule has 1 aliphatic rings. The van der Waals surface area contributed by atoms with E-state index in [2.05, 4.69) is 0 Å². The molecule has 1 amide bonds. The highest BCUT2D eigenvalue weighted by Crippen LogP contribution is 2.25. The molecule has 2 rings (SSSR count). The number of carbonyl (C=O) groups is 2. The molecule has 0 spiro atoms. The van der Waals surface area contributed by atoms with Gasteiger partial charge in [0.2, 0.25) is 15.9 Å². The molecule has 8 heteroatoms. The third-order valence-corrected chi connectivity index (χ3v) is 5.41. The van der Waals surface area contributed by atoms with Crippen molar-refractivity contribution in [1.29, 1.82) is 0 Å². The summed E-state index contributed by atoms with van der Waals surface area (Å²) in [7, 11) is -3.90. The van der Waals surface area contributed by atoms with Crippen LogP contribution in [0.4, 0.5) is 0 Å². The molecule has 114 valence electrons. The van der Waals surface area contributed by atoms with Gasteiger partial charge in [-0.15, -0.1) is 0 Å². The first-order valence-corrected chi connectivity index (χ1v) is 7.92. The van der Waals surface area contributed by atoms with Crippen molar-refractivity contribution < 1.29 is 23.1 Å². The van der Waals surface area contributed by atoms with Gasteiger partial charge in [0.25, 0.3) is 0 Å². The van der Waals surface area contributed by atoms with Crippen molar-refractivity contribution in [2.24, 2.45) is 5.73 Å². The SMILES string of the molecule is NC(=O)c1ccc(S(=O)(=O)N2CCCC[C@@H]2C(=O)O)cc1. The van der Waals surface area contributed by atoms with Gasteiger partial charge < -0.3 is 10.8 Å². The molecular formula is C13H16N2O5S. The maximum absolute atomic E-state index is 12.5. The average Bonchev–Trinajstić information content (AvgIpc) is 2.47. The Labute approximate surface area is 122 Å². The van der Waals surface area contributed by atoms with Gasteiger partial charge in [0.15, 0.2) is 0 Å². The molecule has 1 fully saturated rings. The van der Waals surface area contributed by atoms with Crippen LogP contribution >= 0.6 is 0 Å². The second kappa shape index (κ2) is 5.82. The number of sulfonamides is 1. The average molecular weight is 312 g/mol. The van der Waals surface area contributed by atoms with Crippen molar-refractivity contribution in [2.45, 2.75) is 30.2 Å². The number of piperidine rings is 1. The molecular weight excluding hydrogens is 296 g/mol. The monoisotopic (exact) mass is 312 g/mol. The van der Waals surface area contributed by atoms with Crippen LogP contribution in [0.2, 0.25) is 0 Å². The van der Waals surface area contributed by atoms with Gasteiger partial charge in [-0.05, 0) is 43.5 Å². The lowest BCUT2D eigenvalue weighted by atomic mass is 10.1. The van der Waals surface area contributed by atoms with E-state index in [-0.39, 0.29) is 17.0 Å². The van der Waals surface area contributed by atoms with Gasteiger partial charge in [-0.1, -0.05) is 0 Å². The summed E-state index contributed by atoms with van der Waals surface area (Å²) in [6, 6.07) is 4.12. The van der Waals surface area contributed by atoms with Crippen molar-refractivity contribution in [3.05, 3.63) is 29.8 Å². The molecule has 0 saturated carbocycles. The van der Waals surface area contributed by atoms with Crippen LogP contribution in [0, 0.1) is 0 Å². The Kier molecular flexibility index (Phi) is 4.29. The van der Waals surface area contributed by atoms with Crippen LogP contribution in [0.25, 0.3) is 0 Å².